The fraction of sp³-hybridized carbons (Fsp3) is 0.529. The summed E-state index contributed by atoms with van der Waals surface area (Å²) in [5.74, 6) is 0.556. The van der Waals surface area contributed by atoms with Gasteiger partial charge < -0.3 is 15.0 Å². The standard InChI is InChI=1S/C34H44N10OS/c1-46-30-6-4-27(5-7-30)34(10-13-35)11-15-42(16-12-34)31-3-2-14-44-32(31)38-33(39-44)37-28-25-36-43(26-28)22-19-40-17-20-41(21-18-40)29-8-23-45-24-9-29/h2-7,14,25-26,29H,8-12,15-24H2,1H3,(H,37,39). The molecule has 7 rings (SSSR count). The maximum Gasteiger partial charge on any atom is 0.247 e. The molecular weight excluding hydrogens is 597 g/mol. The predicted molar refractivity (Wildman–Crippen MR) is 182 cm³/mol. The Balaban J connectivity index is 0.952. The average Bonchev–Trinajstić information content (AvgIpc) is 3.75. The highest BCUT2D eigenvalue weighted by atomic mass is 32.2. The number of aromatic nitrogens is 5. The van der Waals surface area contributed by atoms with Gasteiger partial charge >= 0.3 is 0 Å². The number of hydrogen-bond acceptors (Lipinski definition) is 10. The Morgan fingerprint density at radius 2 is 1.80 bits per heavy atom. The number of benzene rings is 1. The third-order valence-electron chi connectivity index (χ3n) is 10.2. The summed E-state index contributed by atoms with van der Waals surface area (Å²) in [5.41, 5.74) is 3.93. The van der Waals surface area contributed by atoms with Gasteiger partial charge in [0.2, 0.25) is 5.95 Å². The zero-order valence-corrected chi connectivity index (χ0v) is 27.5. The fourth-order valence-corrected chi connectivity index (χ4v) is 7.76. The van der Waals surface area contributed by atoms with Crippen LogP contribution < -0.4 is 10.2 Å². The number of piperazine rings is 1. The molecule has 0 unspecified atom stereocenters. The summed E-state index contributed by atoms with van der Waals surface area (Å²) in [7, 11) is 0. The highest BCUT2D eigenvalue weighted by molar-refractivity contribution is 7.98. The van der Waals surface area contributed by atoms with Crippen LogP contribution in [0.1, 0.15) is 37.7 Å². The number of piperidine rings is 1. The Bertz CT molecular complexity index is 1620. The van der Waals surface area contributed by atoms with Crippen LogP contribution in [0.4, 0.5) is 17.3 Å². The second-order valence-electron chi connectivity index (χ2n) is 12.8. The molecule has 4 aromatic rings. The van der Waals surface area contributed by atoms with Gasteiger partial charge in [-0.3, -0.25) is 14.5 Å². The molecule has 3 fully saturated rings. The summed E-state index contributed by atoms with van der Waals surface area (Å²) in [6.45, 7) is 9.88. The van der Waals surface area contributed by atoms with Gasteiger partial charge in [-0.1, -0.05) is 12.1 Å². The lowest BCUT2D eigenvalue weighted by molar-refractivity contribution is 0.0132. The Kier molecular flexibility index (Phi) is 9.44. The van der Waals surface area contributed by atoms with E-state index in [4.69, 9.17) is 14.8 Å². The van der Waals surface area contributed by atoms with Gasteiger partial charge in [0.15, 0.2) is 5.65 Å². The van der Waals surface area contributed by atoms with E-state index < -0.39 is 0 Å². The Hall–Kier alpha value is -3.63. The Labute approximate surface area is 275 Å². The van der Waals surface area contributed by atoms with Crippen molar-refractivity contribution in [3.8, 4) is 6.07 Å². The van der Waals surface area contributed by atoms with Gasteiger partial charge in [0.25, 0.3) is 0 Å². The van der Waals surface area contributed by atoms with Crippen LogP contribution in [0.3, 0.4) is 0 Å². The lowest BCUT2D eigenvalue weighted by atomic mass is 9.71. The molecule has 3 aliphatic rings. The molecule has 0 saturated carbocycles. The highest BCUT2D eigenvalue weighted by Crippen LogP contribution is 2.40. The summed E-state index contributed by atoms with van der Waals surface area (Å²) >= 11 is 1.75. The molecule has 3 saturated heterocycles. The van der Waals surface area contributed by atoms with Crippen molar-refractivity contribution in [3.05, 3.63) is 60.6 Å². The third-order valence-corrected chi connectivity index (χ3v) is 10.9. The third kappa shape index (κ3) is 6.74. The molecule has 12 heteroatoms. The minimum atomic E-state index is -0.118. The maximum absolute atomic E-state index is 9.73. The van der Waals surface area contributed by atoms with Gasteiger partial charge in [-0.15, -0.1) is 16.9 Å². The molecule has 0 radical (unpaired) electrons. The van der Waals surface area contributed by atoms with Crippen LogP contribution in [-0.4, -0.2) is 106 Å². The number of thioether (sulfide) groups is 1. The van der Waals surface area contributed by atoms with E-state index in [2.05, 4.69) is 67.8 Å². The summed E-state index contributed by atoms with van der Waals surface area (Å²) in [6, 6.07) is 16.1. The van der Waals surface area contributed by atoms with Gasteiger partial charge in [-0.2, -0.15) is 15.3 Å². The first kappa shape index (κ1) is 31.0. The smallest absolute Gasteiger partial charge is 0.247 e. The normalized spacial score (nSPS) is 19.8. The van der Waals surface area contributed by atoms with Gasteiger partial charge in [0, 0.05) is 94.2 Å². The molecule has 46 heavy (non-hydrogen) atoms. The first-order valence-corrected chi connectivity index (χ1v) is 17.8. The summed E-state index contributed by atoms with van der Waals surface area (Å²) in [4.78, 5) is 13.7. The van der Waals surface area contributed by atoms with Crippen molar-refractivity contribution >= 4 is 34.7 Å². The van der Waals surface area contributed by atoms with Gasteiger partial charge in [-0.05, 0) is 61.8 Å². The van der Waals surface area contributed by atoms with Crippen molar-refractivity contribution in [2.45, 2.75) is 55.0 Å². The monoisotopic (exact) mass is 640 g/mol. The molecule has 242 valence electrons. The number of anilines is 3. The van der Waals surface area contributed by atoms with Crippen molar-refractivity contribution in [3.63, 3.8) is 0 Å². The summed E-state index contributed by atoms with van der Waals surface area (Å²) in [5, 5.41) is 22.4. The Morgan fingerprint density at radius 1 is 1.02 bits per heavy atom. The topological polar surface area (TPSA) is 103 Å². The number of pyridine rings is 1. The molecule has 1 N–H and O–H groups in total. The molecule has 0 spiro atoms. The van der Waals surface area contributed by atoms with Crippen molar-refractivity contribution in [1.29, 1.82) is 5.26 Å². The van der Waals surface area contributed by atoms with Crippen LogP contribution >= 0.6 is 11.8 Å². The van der Waals surface area contributed by atoms with E-state index in [0.717, 1.165) is 95.4 Å². The molecule has 0 atom stereocenters. The van der Waals surface area contributed by atoms with Crippen LogP contribution in [0.5, 0.6) is 0 Å². The molecule has 11 nitrogen and oxygen atoms in total. The van der Waals surface area contributed by atoms with E-state index in [9.17, 15) is 5.26 Å². The molecule has 3 aliphatic heterocycles. The molecular formula is C34H44N10OS. The van der Waals surface area contributed by atoms with Crippen LogP contribution in [0.15, 0.2) is 59.9 Å². The molecule has 0 aliphatic carbocycles. The van der Waals surface area contributed by atoms with Gasteiger partial charge in [0.05, 0.1) is 30.2 Å². The maximum atomic E-state index is 9.73. The second-order valence-corrected chi connectivity index (χ2v) is 13.6. The Morgan fingerprint density at radius 3 is 2.54 bits per heavy atom. The molecule has 1 aromatic carbocycles. The number of hydrogen-bond donors (Lipinski definition) is 1. The average molecular weight is 641 g/mol. The highest BCUT2D eigenvalue weighted by Gasteiger charge is 2.37. The van der Waals surface area contributed by atoms with E-state index in [1.807, 2.05) is 33.9 Å². The minimum Gasteiger partial charge on any atom is -0.381 e. The quantitative estimate of drug-likeness (QED) is 0.247. The number of rotatable bonds is 10. The lowest BCUT2D eigenvalue weighted by Gasteiger charge is -2.42. The van der Waals surface area contributed by atoms with Crippen LogP contribution in [0.2, 0.25) is 0 Å². The van der Waals surface area contributed by atoms with E-state index in [1.54, 1.807) is 11.8 Å². The lowest BCUT2D eigenvalue weighted by Crippen LogP contribution is -2.52. The zero-order valence-electron chi connectivity index (χ0n) is 26.7. The fourth-order valence-electron chi connectivity index (χ4n) is 7.36. The summed E-state index contributed by atoms with van der Waals surface area (Å²) in [6.07, 6.45) is 12.6. The van der Waals surface area contributed by atoms with Crippen LogP contribution in [-0.2, 0) is 16.7 Å². The van der Waals surface area contributed by atoms with Crippen molar-refractivity contribution in [1.82, 2.24) is 34.2 Å². The van der Waals surface area contributed by atoms with E-state index in [0.29, 0.717) is 18.4 Å². The molecule has 0 amide bonds. The number of nitrogens with zero attached hydrogens (tertiary/aromatic N) is 9. The van der Waals surface area contributed by atoms with Crippen LogP contribution in [0, 0.1) is 11.3 Å². The summed E-state index contributed by atoms with van der Waals surface area (Å²) < 4.78 is 9.40. The van der Waals surface area contributed by atoms with Crippen molar-refractivity contribution in [2.24, 2.45) is 0 Å². The number of ether oxygens (including phenoxy) is 1. The SMILES string of the molecule is CSc1ccc(C2(CC#N)CCN(c3cccn4nc(Nc5cnn(CCN6CCN(C7CCOCC7)CC6)c5)nc34)CC2)cc1. The van der Waals surface area contributed by atoms with Gasteiger partial charge in [0.1, 0.15) is 0 Å². The number of nitriles is 1. The zero-order chi connectivity index (χ0) is 31.3. The number of nitrogens with one attached hydrogen (secondary N) is 1. The molecule has 3 aromatic heterocycles. The van der Waals surface area contributed by atoms with E-state index in [1.165, 1.54) is 23.3 Å². The van der Waals surface area contributed by atoms with Crippen molar-refractivity contribution in [2.75, 3.05) is 75.5 Å². The van der Waals surface area contributed by atoms with Crippen LogP contribution in [0.25, 0.3) is 5.65 Å². The van der Waals surface area contributed by atoms with E-state index in [-0.39, 0.29) is 5.41 Å². The number of fused-ring (bicyclic) bond motifs is 1. The molecule has 0 bridgehead atoms. The second kappa shape index (κ2) is 14.0. The van der Waals surface area contributed by atoms with Crippen molar-refractivity contribution < 1.29 is 4.74 Å². The molecule has 6 heterocycles. The minimum absolute atomic E-state index is 0.118. The van der Waals surface area contributed by atoms with E-state index >= 15 is 0 Å². The van der Waals surface area contributed by atoms with Gasteiger partial charge in [-0.25, -0.2) is 4.52 Å². The predicted octanol–water partition coefficient (Wildman–Crippen LogP) is 4.64. The first-order valence-electron chi connectivity index (χ1n) is 16.6. The largest absolute Gasteiger partial charge is 0.381 e. The first-order chi connectivity index (χ1) is 22.6.